The lowest BCUT2D eigenvalue weighted by molar-refractivity contribution is -0.119. The van der Waals surface area contributed by atoms with Crippen molar-refractivity contribution in [1.82, 2.24) is 9.88 Å². The van der Waals surface area contributed by atoms with Crippen molar-refractivity contribution in [2.45, 2.75) is 26.9 Å². The topological polar surface area (TPSA) is 124 Å². The van der Waals surface area contributed by atoms with E-state index in [4.69, 9.17) is 15.6 Å². The second-order valence-electron chi connectivity index (χ2n) is 7.23. The Morgan fingerprint density at radius 2 is 2.03 bits per heavy atom. The Morgan fingerprint density at radius 1 is 1.27 bits per heavy atom. The van der Waals surface area contributed by atoms with Crippen LogP contribution in [0.5, 0.6) is 5.75 Å². The molecule has 0 aliphatic rings. The van der Waals surface area contributed by atoms with Crippen molar-refractivity contribution in [3.63, 3.8) is 0 Å². The lowest BCUT2D eigenvalue weighted by Gasteiger charge is -2.21. The first kappa shape index (κ1) is 21.4. The number of thiophene rings is 1. The van der Waals surface area contributed by atoms with E-state index in [2.05, 4.69) is 5.32 Å². The molecule has 0 unspecified atom stereocenters. The first-order valence-corrected chi connectivity index (χ1v) is 10.3. The van der Waals surface area contributed by atoms with Gasteiger partial charge in [0.15, 0.2) is 6.61 Å². The Kier molecular flexibility index (Phi) is 6.41. The third-order valence-corrected chi connectivity index (χ3v) is 5.34. The second-order valence-corrected chi connectivity index (χ2v) is 8.18. The summed E-state index contributed by atoms with van der Waals surface area (Å²) in [6.45, 7) is 4.14. The van der Waals surface area contributed by atoms with Gasteiger partial charge in [-0.05, 0) is 35.6 Å². The molecular formula is C21H23N3O5S. The Balaban J connectivity index is 2.32. The molecule has 0 bridgehead atoms. The van der Waals surface area contributed by atoms with Crippen molar-refractivity contribution >= 4 is 34.1 Å². The van der Waals surface area contributed by atoms with Crippen LogP contribution >= 0.6 is 11.3 Å². The quantitative estimate of drug-likeness (QED) is 0.508. The molecule has 1 aromatic carbocycles. The van der Waals surface area contributed by atoms with Gasteiger partial charge in [0.1, 0.15) is 5.75 Å². The molecule has 9 heteroatoms. The highest BCUT2D eigenvalue weighted by atomic mass is 32.1. The number of carbonyl (C=O) groups is 2. The van der Waals surface area contributed by atoms with Crippen LogP contribution in [0.2, 0.25) is 0 Å². The number of rotatable bonds is 8. The predicted molar refractivity (Wildman–Crippen MR) is 116 cm³/mol. The summed E-state index contributed by atoms with van der Waals surface area (Å²) >= 11 is 1.49. The number of pyridine rings is 1. The molecule has 2 amide bonds. The molecule has 0 aliphatic heterocycles. The molecule has 30 heavy (non-hydrogen) atoms. The number of benzene rings is 1. The molecule has 3 aromatic rings. The fourth-order valence-electron chi connectivity index (χ4n) is 3.32. The van der Waals surface area contributed by atoms with E-state index in [0.29, 0.717) is 28.8 Å². The van der Waals surface area contributed by atoms with Crippen LogP contribution in [0.3, 0.4) is 0 Å². The van der Waals surface area contributed by atoms with Gasteiger partial charge >= 0.3 is 6.09 Å². The summed E-state index contributed by atoms with van der Waals surface area (Å²) in [6, 6.07) is 8.80. The average Bonchev–Trinajstić information content (AvgIpc) is 3.20. The number of aromatic nitrogens is 1. The molecule has 0 radical (unpaired) electrons. The van der Waals surface area contributed by atoms with Gasteiger partial charge in [-0.25, -0.2) is 4.79 Å². The number of nitrogens with zero attached hydrogens (tertiary/aromatic N) is 1. The summed E-state index contributed by atoms with van der Waals surface area (Å²) in [5.41, 5.74) is 6.30. The Bertz CT molecular complexity index is 1140. The Morgan fingerprint density at radius 3 is 2.63 bits per heavy atom. The number of hydrogen-bond acceptors (Lipinski definition) is 5. The number of carbonyl (C=O) groups excluding carboxylic acids is 1. The zero-order valence-electron chi connectivity index (χ0n) is 16.7. The molecular weight excluding hydrogens is 406 g/mol. The molecule has 2 heterocycles. The molecule has 0 spiro atoms. The highest BCUT2D eigenvalue weighted by molar-refractivity contribution is 7.13. The van der Waals surface area contributed by atoms with Crippen LogP contribution in [0.1, 0.15) is 19.5 Å². The summed E-state index contributed by atoms with van der Waals surface area (Å²) in [5, 5.41) is 14.6. The van der Waals surface area contributed by atoms with Crippen molar-refractivity contribution in [3.8, 4) is 16.2 Å². The predicted octanol–water partition coefficient (Wildman–Crippen LogP) is 3.02. The molecule has 0 atom stereocenters. The summed E-state index contributed by atoms with van der Waals surface area (Å²) in [5.74, 6) is -0.0254. The van der Waals surface area contributed by atoms with E-state index < -0.39 is 12.0 Å². The largest absolute Gasteiger partial charge is 0.484 e. The fraction of sp³-hybridized carbons (Fsp3) is 0.286. The molecule has 4 N–H and O–H groups in total. The van der Waals surface area contributed by atoms with Crippen molar-refractivity contribution in [1.29, 1.82) is 0 Å². The van der Waals surface area contributed by atoms with E-state index in [1.807, 2.05) is 31.4 Å². The fourth-order valence-corrected chi connectivity index (χ4v) is 4.12. The third kappa shape index (κ3) is 4.62. The lowest BCUT2D eigenvalue weighted by Crippen LogP contribution is -2.31. The highest BCUT2D eigenvalue weighted by Gasteiger charge is 2.20. The number of nitrogens with two attached hydrogens (primary N) is 1. The van der Waals surface area contributed by atoms with Crippen LogP contribution in [0.15, 0.2) is 40.5 Å². The van der Waals surface area contributed by atoms with Crippen LogP contribution in [0.4, 0.5) is 4.79 Å². The molecule has 0 fully saturated rings. The molecule has 3 rings (SSSR count). The zero-order chi connectivity index (χ0) is 21.8. The SMILES string of the molecule is CC(C)Cn1c(CNC(=O)O)c(-c2cccs2)c2cc(OCC(N)=O)ccc2c1=O. The number of carboxylic acid groups (broad SMARTS) is 1. The van der Waals surface area contributed by atoms with Crippen molar-refractivity contribution < 1.29 is 19.4 Å². The summed E-state index contributed by atoms with van der Waals surface area (Å²) in [4.78, 5) is 36.5. The van der Waals surface area contributed by atoms with Crippen LogP contribution < -0.4 is 21.3 Å². The van der Waals surface area contributed by atoms with E-state index in [1.54, 1.807) is 22.8 Å². The normalized spacial score (nSPS) is 11.0. The van der Waals surface area contributed by atoms with Crippen LogP contribution in [-0.4, -0.2) is 28.3 Å². The van der Waals surface area contributed by atoms with Gasteiger partial charge < -0.3 is 25.5 Å². The van der Waals surface area contributed by atoms with Gasteiger partial charge in [-0.3, -0.25) is 9.59 Å². The van der Waals surface area contributed by atoms with Crippen LogP contribution in [0, 0.1) is 5.92 Å². The van der Waals surface area contributed by atoms with E-state index in [-0.39, 0.29) is 24.6 Å². The van der Waals surface area contributed by atoms with E-state index >= 15 is 0 Å². The van der Waals surface area contributed by atoms with Gasteiger partial charge in [0.2, 0.25) is 0 Å². The van der Waals surface area contributed by atoms with Crippen molar-refractivity contribution in [2.75, 3.05) is 6.61 Å². The number of hydrogen-bond donors (Lipinski definition) is 3. The smallest absolute Gasteiger partial charge is 0.404 e. The maximum Gasteiger partial charge on any atom is 0.404 e. The Hall–Kier alpha value is -3.33. The average molecular weight is 429 g/mol. The first-order chi connectivity index (χ1) is 14.3. The van der Waals surface area contributed by atoms with Gasteiger partial charge in [0.05, 0.1) is 6.54 Å². The van der Waals surface area contributed by atoms with Crippen LogP contribution in [0.25, 0.3) is 21.2 Å². The zero-order valence-corrected chi connectivity index (χ0v) is 17.5. The summed E-state index contributed by atoms with van der Waals surface area (Å²) in [6.07, 6.45) is -1.17. The van der Waals surface area contributed by atoms with E-state index in [9.17, 15) is 14.4 Å². The van der Waals surface area contributed by atoms with Crippen LogP contribution in [-0.2, 0) is 17.9 Å². The van der Waals surface area contributed by atoms with Crippen molar-refractivity contribution in [2.24, 2.45) is 11.7 Å². The van der Waals surface area contributed by atoms with Gasteiger partial charge in [-0.2, -0.15) is 0 Å². The molecule has 0 aliphatic carbocycles. The number of fused-ring (bicyclic) bond motifs is 1. The minimum Gasteiger partial charge on any atom is -0.484 e. The molecule has 158 valence electrons. The molecule has 2 aromatic heterocycles. The number of nitrogens with one attached hydrogen (secondary N) is 1. The molecule has 8 nitrogen and oxygen atoms in total. The maximum atomic E-state index is 13.3. The van der Waals surface area contributed by atoms with Gasteiger partial charge in [-0.15, -0.1) is 11.3 Å². The molecule has 0 saturated carbocycles. The Labute approximate surface area is 176 Å². The van der Waals surface area contributed by atoms with E-state index in [1.165, 1.54) is 11.3 Å². The molecule has 0 saturated heterocycles. The summed E-state index contributed by atoms with van der Waals surface area (Å²) < 4.78 is 7.07. The number of amides is 2. The highest BCUT2D eigenvalue weighted by Crippen LogP contribution is 2.35. The van der Waals surface area contributed by atoms with Gasteiger partial charge in [-0.1, -0.05) is 19.9 Å². The van der Waals surface area contributed by atoms with Gasteiger partial charge in [0.25, 0.3) is 11.5 Å². The van der Waals surface area contributed by atoms with E-state index in [0.717, 1.165) is 10.4 Å². The monoisotopic (exact) mass is 429 g/mol. The first-order valence-electron chi connectivity index (χ1n) is 9.39. The summed E-state index contributed by atoms with van der Waals surface area (Å²) in [7, 11) is 0. The number of primary amides is 1. The minimum absolute atomic E-state index is 0.0210. The van der Waals surface area contributed by atoms with Crippen molar-refractivity contribution in [3.05, 3.63) is 51.8 Å². The standard InChI is InChI=1S/C21H23N3O5S/c1-12(2)10-24-16(9-23-21(27)28)19(17-4-3-7-30-17)15-8-13(29-11-18(22)25)5-6-14(15)20(24)26/h3-8,12,23H,9-11H2,1-2H3,(H2,22,25)(H,27,28). The second kappa shape index (κ2) is 9.00. The van der Waals surface area contributed by atoms with Gasteiger partial charge in [0, 0.05) is 33.5 Å². The lowest BCUT2D eigenvalue weighted by atomic mass is 10.0. The number of ether oxygens (including phenoxy) is 1. The third-order valence-electron chi connectivity index (χ3n) is 4.45. The maximum absolute atomic E-state index is 13.3. The minimum atomic E-state index is -1.17.